The molecular weight excluding hydrogens is 242 g/mol. The van der Waals surface area contributed by atoms with Crippen molar-refractivity contribution in [1.82, 2.24) is 15.1 Å². The molecule has 1 unspecified atom stereocenters. The molecule has 1 rings (SSSR count). The van der Waals surface area contributed by atoms with Gasteiger partial charge in [0.1, 0.15) is 4.90 Å². The van der Waals surface area contributed by atoms with Crippen LogP contribution in [-0.4, -0.2) is 48.8 Å². The van der Waals surface area contributed by atoms with Gasteiger partial charge in [-0.15, -0.1) is 0 Å². The van der Waals surface area contributed by atoms with Gasteiger partial charge < -0.3 is 10.4 Å². The predicted molar refractivity (Wildman–Crippen MR) is 64.5 cm³/mol. The van der Waals surface area contributed by atoms with Crippen molar-refractivity contribution in [2.45, 2.75) is 30.8 Å². The van der Waals surface area contributed by atoms with E-state index in [4.69, 9.17) is 5.11 Å². The summed E-state index contributed by atoms with van der Waals surface area (Å²) in [5.41, 5.74) is 0. The van der Waals surface area contributed by atoms with E-state index in [-0.39, 0.29) is 17.5 Å². The van der Waals surface area contributed by atoms with Crippen molar-refractivity contribution < 1.29 is 13.5 Å². The SMILES string of the molecule is CCNC(CCO)Cn1cc(S(C)(=O)=O)cn1. The van der Waals surface area contributed by atoms with Gasteiger partial charge in [0.15, 0.2) is 9.84 Å². The Bertz CT molecular complexity index is 435. The van der Waals surface area contributed by atoms with E-state index >= 15 is 0 Å². The zero-order valence-corrected chi connectivity index (χ0v) is 10.9. The highest BCUT2D eigenvalue weighted by atomic mass is 32.2. The standard InChI is InChI=1S/C10H19N3O3S/c1-3-11-9(4-5-14)7-13-8-10(6-12-13)17(2,15)16/h6,8-9,11,14H,3-5,7H2,1-2H3. The molecule has 0 radical (unpaired) electrons. The van der Waals surface area contributed by atoms with E-state index in [2.05, 4.69) is 10.4 Å². The van der Waals surface area contributed by atoms with Gasteiger partial charge in [0, 0.05) is 25.1 Å². The Morgan fingerprint density at radius 1 is 1.59 bits per heavy atom. The topological polar surface area (TPSA) is 84.2 Å². The lowest BCUT2D eigenvalue weighted by Crippen LogP contribution is -2.34. The smallest absolute Gasteiger partial charge is 0.178 e. The van der Waals surface area contributed by atoms with Gasteiger partial charge in [0.2, 0.25) is 0 Å². The maximum atomic E-state index is 11.3. The minimum atomic E-state index is -3.20. The first-order chi connectivity index (χ1) is 7.97. The Hall–Kier alpha value is -0.920. The molecule has 1 atom stereocenters. The summed E-state index contributed by atoms with van der Waals surface area (Å²) in [5, 5.41) is 16.1. The fraction of sp³-hybridized carbons (Fsp3) is 0.700. The summed E-state index contributed by atoms with van der Waals surface area (Å²) in [4.78, 5) is 0.219. The molecule has 1 aromatic rings. The van der Waals surface area contributed by atoms with Gasteiger partial charge in [-0.3, -0.25) is 4.68 Å². The zero-order chi connectivity index (χ0) is 12.9. The molecule has 0 aliphatic rings. The number of aromatic nitrogens is 2. The van der Waals surface area contributed by atoms with Crippen LogP contribution in [0.1, 0.15) is 13.3 Å². The molecule has 1 aromatic heterocycles. The first kappa shape index (κ1) is 14.1. The second kappa shape index (κ2) is 6.13. The number of nitrogens with one attached hydrogen (secondary N) is 1. The van der Waals surface area contributed by atoms with Crippen LogP contribution in [0.25, 0.3) is 0 Å². The molecule has 1 heterocycles. The molecule has 0 aromatic carbocycles. The molecule has 0 fully saturated rings. The van der Waals surface area contributed by atoms with Crippen LogP contribution in [0.3, 0.4) is 0 Å². The van der Waals surface area contributed by atoms with Crippen molar-refractivity contribution in [2.75, 3.05) is 19.4 Å². The van der Waals surface area contributed by atoms with Gasteiger partial charge >= 0.3 is 0 Å². The number of likely N-dealkylation sites (N-methyl/N-ethyl adjacent to an activating group) is 1. The van der Waals surface area contributed by atoms with Gasteiger partial charge in [-0.05, 0) is 13.0 Å². The van der Waals surface area contributed by atoms with Crippen LogP contribution >= 0.6 is 0 Å². The average Bonchev–Trinajstić information content (AvgIpc) is 2.66. The van der Waals surface area contributed by atoms with Crippen LogP contribution < -0.4 is 5.32 Å². The zero-order valence-electron chi connectivity index (χ0n) is 10.1. The van der Waals surface area contributed by atoms with Gasteiger partial charge in [0.05, 0.1) is 12.7 Å². The fourth-order valence-corrected chi connectivity index (χ4v) is 2.12. The molecule has 0 saturated carbocycles. The van der Waals surface area contributed by atoms with E-state index in [0.717, 1.165) is 12.8 Å². The lowest BCUT2D eigenvalue weighted by atomic mass is 10.2. The number of aliphatic hydroxyl groups excluding tert-OH is 1. The molecule has 0 bridgehead atoms. The Morgan fingerprint density at radius 3 is 2.76 bits per heavy atom. The molecule has 0 aliphatic carbocycles. The number of sulfone groups is 1. The van der Waals surface area contributed by atoms with Crippen molar-refractivity contribution in [3.63, 3.8) is 0 Å². The van der Waals surface area contributed by atoms with Gasteiger partial charge in [-0.1, -0.05) is 6.92 Å². The second-order valence-corrected chi connectivity index (χ2v) is 5.95. The van der Waals surface area contributed by atoms with Gasteiger partial charge in [-0.2, -0.15) is 5.10 Å². The first-order valence-corrected chi connectivity index (χ1v) is 7.43. The molecule has 2 N–H and O–H groups in total. The van der Waals surface area contributed by atoms with Gasteiger partial charge in [-0.25, -0.2) is 8.42 Å². The third-order valence-electron chi connectivity index (χ3n) is 2.42. The summed E-state index contributed by atoms with van der Waals surface area (Å²) < 4.78 is 24.1. The van der Waals surface area contributed by atoms with Crippen molar-refractivity contribution in [3.8, 4) is 0 Å². The summed E-state index contributed by atoms with van der Waals surface area (Å²) in [6.07, 6.45) is 4.63. The Balaban J connectivity index is 2.70. The molecule has 0 saturated heterocycles. The largest absolute Gasteiger partial charge is 0.396 e. The highest BCUT2D eigenvalue weighted by Gasteiger charge is 2.12. The monoisotopic (exact) mass is 261 g/mol. The van der Waals surface area contributed by atoms with Crippen LogP contribution in [0.15, 0.2) is 17.3 Å². The number of rotatable bonds is 7. The maximum absolute atomic E-state index is 11.3. The minimum absolute atomic E-state index is 0.0947. The van der Waals surface area contributed by atoms with E-state index in [1.165, 1.54) is 12.4 Å². The summed E-state index contributed by atoms with van der Waals surface area (Å²) >= 11 is 0. The highest BCUT2D eigenvalue weighted by Crippen LogP contribution is 2.07. The third kappa shape index (κ3) is 4.45. The van der Waals surface area contributed by atoms with Crippen molar-refractivity contribution in [1.29, 1.82) is 0 Å². The van der Waals surface area contributed by atoms with Crippen molar-refractivity contribution in [3.05, 3.63) is 12.4 Å². The van der Waals surface area contributed by atoms with E-state index < -0.39 is 9.84 Å². The summed E-state index contributed by atoms with van der Waals surface area (Å²) in [5.74, 6) is 0. The molecule has 0 aliphatic heterocycles. The summed E-state index contributed by atoms with van der Waals surface area (Å²) in [6.45, 7) is 3.42. The Labute approximate surface area is 102 Å². The minimum Gasteiger partial charge on any atom is -0.396 e. The number of hydrogen-bond donors (Lipinski definition) is 2. The molecule has 98 valence electrons. The van der Waals surface area contributed by atoms with Crippen molar-refractivity contribution >= 4 is 9.84 Å². The lowest BCUT2D eigenvalue weighted by molar-refractivity contribution is 0.255. The third-order valence-corrected chi connectivity index (χ3v) is 3.48. The van der Waals surface area contributed by atoms with Crippen LogP contribution in [0.2, 0.25) is 0 Å². The quantitative estimate of drug-likeness (QED) is 0.700. The first-order valence-electron chi connectivity index (χ1n) is 5.54. The molecule has 7 heteroatoms. The molecule has 0 amide bonds. The Kier molecular flexibility index (Phi) is 5.10. The van der Waals surface area contributed by atoms with Crippen LogP contribution in [0.5, 0.6) is 0 Å². The van der Waals surface area contributed by atoms with Crippen LogP contribution in [-0.2, 0) is 16.4 Å². The molecule has 0 spiro atoms. The number of hydrogen-bond acceptors (Lipinski definition) is 5. The summed E-state index contributed by atoms with van der Waals surface area (Å²) in [7, 11) is -3.20. The normalized spacial score (nSPS) is 13.8. The average molecular weight is 261 g/mol. The molecule has 17 heavy (non-hydrogen) atoms. The van der Waals surface area contributed by atoms with Crippen molar-refractivity contribution in [2.24, 2.45) is 0 Å². The second-order valence-electron chi connectivity index (χ2n) is 3.94. The number of nitrogens with zero attached hydrogens (tertiary/aromatic N) is 2. The lowest BCUT2D eigenvalue weighted by Gasteiger charge is -2.16. The molecule has 6 nitrogen and oxygen atoms in total. The van der Waals surface area contributed by atoms with E-state index in [1.54, 1.807) is 4.68 Å². The van der Waals surface area contributed by atoms with Crippen LogP contribution in [0, 0.1) is 0 Å². The highest BCUT2D eigenvalue weighted by molar-refractivity contribution is 7.90. The maximum Gasteiger partial charge on any atom is 0.178 e. The predicted octanol–water partition coefficient (Wildman–Crippen LogP) is -0.353. The van der Waals surface area contributed by atoms with E-state index in [1.807, 2.05) is 6.92 Å². The fourth-order valence-electron chi connectivity index (χ4n) is 1.56. The summed E-state index contributed by atoms with van der Waals surface area (Å²) in [6, 6.07) is 0.0947. The van der Waals surface area contributed by atoms with E-state index in [0.29, 0.717) is 13.0 Å². The molecular formula is C10H19N3O3S. The Morgan fingerprint density at radius 2 is 2.29 bits per heavy atom. The van der Waals surface area contributed by atoms with Crippen LogP contribution in [0.4, 0.5) is 0 Å². The van der Waals surface area contributed by atoms with Gasteiger partial charge in [0.25, 0.3) is 0 Å². The van der Waals surface area contributed by atoms with E-state index in [9.17, 15) is 8.42 Å². The number of aliphatic hydroxyl groups is 1.